The van der Waals surface area contributed by atoms with Gasteiger partial charge in [0.25, 0.3) is 0 Å². The van der Waals surface area contributed by atoms with Crippen LogP contribution in [0.4, 0.5) is 0 Å². The van der Waals surface area contributed by atoms with E-state index in [0.717, 1.165) is 35.1 Å². The van der Waals surface area contributed by atoms with Crippen molar-refractivity contribution in [2.24, 2.45) is 0 Å². The minimum atomic E-state index is 1.03. The smallest absolute Gasteiger partial charge is 0.0963 e. The Morgan fingerprint density at radius 3 is 1.98 bits per heavy atom. The summed E-state index contributed by atoms with van der Waals surface area (Å²) in [6.45, 7) is 4.44. The zero-order valence-electron chi connectivity index (χ0n) is 22.6. The fraction of sp³-hybridized carbons (Fsp3) is 0.111. The first-order valence-corrected chi connectivity index (χ1v) is 13.9. The maximum Gasteiger partial charge on any atom is 0.0963 e. The van der Waals surface area contributed by atoms with Gasteiger partial charge in [-0.15, -0.1) is 0 Å². The molecule has 0 radical (unpaired) electrons. The third-order valence-electron chi connectivity index (χ3n) is 8.35. The number of hydrogen-bond donors (Lipinski definition) is 0. The van der Waals surface area contributed by atoms with Gasteiger partial charge in [-0.25, -0.2) is 0 Å². The van der Waals surface area contributed by atoms with E-state index in [2.05, 4.69) is 108 Å². The van der Waals surface area contributed by atoms with Gasteiger partial charge in [-0.2, -0.15) is 0 Å². The minimum Gasteiger partial charge on any atom is -0.311 e. The van der Waals surface area contributed by atoms with Crippen LogP contribution in [0.25, 0.3) is 61.5 Å². The molecule has 0 aliphatic heterocycles. The first kappa shape index (κ1) is 23.0. The number of rotatable bonds is 3. The lowest BCUT2D eigenvalue weighted by molar-refractivity contribution is 0.888. The highest BCUT2D eigenvalue weighted by molar-refractivity contribution is 6.07. The van der Waals surface area contributed by atoms with E-state index in [-0.39, 0.29) is 0 Å². The molecule has 0 atom stereocenters. The molecule has 0 spiro atoms. The van der Waals surface area contributed by atoms with E-state index in [4.69, 9.17) is 9.97 Å². The summed E-state index contributed by atoms with van der Waals surface area (Å²) in [6, 6.07) is 30.6. The van der Waals surface area contributed by atoms with Crippen LogP contribution in [0.5, 0.6) is 0 Å². The summed E-state index contributed by atoms with van der Waals surface area (Å²) in [5, 5.41) is 1.18. The molecule has 0 N–H and O–H groups in total. The van der Waals surface area contributed by atoms with E-state index in [1.807, 2.05) is 24.5 Å². The van der Waals surface area contributed by atoms with Gasteiger partial charge in [-0.3, -0.25) is 9.97 Å². The number of allylic oxidation sites excluding steroid dienone is 1. The number of para-hydroxylation sites is 1. The zero-order valence-corrected chi connectivity index (χ0v) is 22.6. The molecule has 3 aromatic carbocycles. The molecule has 4 heteroatoms. The maximum atomic E-state index is 4.73. The fourth-order valence-corrected chi connectivity index (χ4v) is 6.56. The molecule has 0 bridgehead atoms. The Balaban J connectivity index is 1.24. The molecule has 0 amide bonds. The summed E-state index contributed by atoms with van der Waals surface area (Å²) >= 11 is 0. The number of aromatic nitrogens is 4. The van der Waals surface area contributed by atoms with E-state index >= 15 is 0 Å². The summed E-state index contributed by atoms with van der Waals surface area (Å²) in [4.78, 5) is 9.43. The highest BCUT2D eigenvalue weighted by Gasteiger charge is 2.20. The molecule has 7 aromatic rings. The lowest BCUT2D eigenvalue weighted by atomic mass is 9.95. The molecule has 4 heterocycles. The van der Waals surface area contributed by atoms with Crippen molar-refractivity contribution in [2.75, 3.05) is 0 Å². The van der Waals surface area contributed by atoms with Gasteiger partial charge in [0, 0.05) is 40.4 Å². The standard InChI is InChI=1S/C36H28N4/c1-23-21-25(39-31-11-5-3-9-29(31)35-33(39)13-7-19-37-35)15-17-27(23)28-18-16-26(22-24(28)2)40-32-12-6-4-10-30(32)36-34(40)14-8-20-38-36/h3-5,7-11,13-22H,6,12H2,1-2H3. The average Bonchev–Trinajstić information content (AvgIpc) is 3.51. The van der Waals surface area contributed by atoms with Gasteiger partial charge >= 0.3 is 0 Å². The summed E-state index contributed by atoms with van der Waals surface area (Å²) in [7, 11) is 0. The number of benzene rings is 3. The molecule has 0 saturated carbocycles. The molecule has 4 aromatic heterocycles. The summed E-state index contributed by atoms with van der Waals surface area (Å²) in [6.07, 6.45) is 10.4. The number of pyridine rings is 2. The lowest BCUT2D eigenvalue weighted by Gasteiger charge is -2.17. The van der Waals surface area contributed by atoms with Crippen molar-refractivity contribution < 1.29 is 0 Å². The van der Waals surface area contributed by atoms with E-state index < -0.39 is 0 Å². The number of fused-ring (bicyclic) bond motifs is 6. The fourth-order valence-electron chi connectivity index (χ4n) is 6.56. The van der Waals surface area contributed by atoms with Crippen molar-refractivity contribution in [3.63, 3.8) is 0 Å². The number of nitrogens with zero attached hydrogens (tertiary/aromatic N) is 4. The van der Waals surface area contributed by atoms with Crippen molar-refractivity contribution in [1.29, 1.82) is 0 Å². The predicted octanol–water partition coefficient (Wildman–Crippen LogP) is 8.76. The second kappa shape index (κ2) is 8.78. The Bertz CT molecular complexity index is 2090. The average molecular weight is 517 g/mol. The molecule has 0 unspecified atom stereocenters. The van der Waals surface area contributed by atoms with Crippen molar-refractivity contribution in [2.45, 2.75) is 26.7 Å². The van der Waals surface area contributed by atoms with Crippen LogP contribution in [0.15, 0.2) is 103 Å². The van der Waals surface area contributed by atoms with Gasteiger partial charge in [0.2, 0.25) is 0 Å². The highest BCUT2D eigenvalue weighted by atomic mass is 15.0. The molecule has 192 valence electrons. The highest BCUT2D eigenvalue weighted by Crippen LogP contribution is 2.36. The molecular weight excluding hydrogens is 488 g/mol. The largest absolute Gasteiger partial charge is 0.311 e. The number of hydrogen-bond acceptors (Lipinski definition) is 2. The van der Waals surface area contributed by atoms with Crippen molar-refractivity contribution in [3.8, 4) is 22.5 Å². The second-order valence-electron chi connectivity index (χ2n) is 10.7. The number of aryl methyl sites for hydroxylation is 2. The molecule has 0 saturated heterocycles. The molecular formula is C36H28N4. The van der Waals surface area contributed by atoms with E-state index in [1.165, 1.54) is 55.6 Å². The van der Waals surface area contributed by atoms with Crippen LogP contribution >= 0.6 is 0 Å². The Labute approximate surface area is 232 Å². The third kappa shape index (κ3) is 3.32. The van der Waals surface area contributed by atoms with Crippen LogP contribution in [0.3, 0.4) is 0 Å². The monoisotopic (exact) mass is 516 g/mol. The van der Waals surface area contributed by atoms with Crippen LogP contribution < -0.4 is 0 Å². The van der Waals surface area contributed by atoms with E-state index in [0.29, 0.717) is 0 Å². The Kier molecular flexibility index (Phi) is 5.05. The first-order chi connectivity index (χ1) is 19.7. The van der Waals surface area contributed by atoms with Crippen LogP contribution in [-0.2, 0) is 6.42 Å². The van der Waals surface area contributed by atoms with Crippen LogP contribution in [-0.4, -0.2) is 19.1 Å². The van der Waals surface area contributed by atoms with Gasteiger partial charge in [0.1, 0.15) is 0 Å². The third-order valence-corrected chi connectivity index (χ3v) is 8.35. The molecule has 0 fully saturated rings. The predicted molar refractivity (Wildman–Crippen MR) is 165 cm³/mol. The van der Waals surface area contributed by atoms with Gasteiger partial charge < -0.3 is 9.13 Å². The van der Waals surface area contributed by atoms with Crippen molar-refractivity contribution in [1.82, 2.24) is 19.1 Å². The minimum absolute atomic E-state index is 1.03. The zero-order chi connectivity index (χ0) is 26.8. The van der Waals surface area contributed by atoms with E-state index in [1.54, 1.807) is 0 Å². The Morgan fingerprint density at radius 2 is 1.25 bits per heavy atom. The Morgan fingerprint density at radius 1 is 0.625 bits per heavy atom. The summed E-state index contributed by atoms with van der Waals surface area (Å²) < 4.78 is 4.73. The molecule has 4 nitrogen and oxygen atoms in total. The quantitative estimate of drug-likeness (QED) is 0.235. The maximum absolute atomic E-state index is 4.73. The first-order valence-electron chi connectivity index (χ1n) is 13.9. The van der Waals surface area contributed by atoms with Crippen LogP contribution in [0.2, 0.25) is 0 Å². The summed E-state index contributed by atoms with van der Waals surface area (Å²) in [5.74, 6) is 0. The van der Waals surface area contributed by atoms with Gasteiger partial charge in [-0.1, -0.05) is 42.5 Å². The Hall–Kier alpha value is -4.96. The van der Waals surface area contributed by atoms with Crippen molar-refractivity contribution >= 4 is 39.0 Å². The van der Waals surface area contributed by atoms with Crippen LogP contribution in [0.1, 0.15) is 28.8 Å². The molecule has 40 heavy (non-hydrogen) atoms. The molecule has 1 aliphatic carbocycles. The van der Waals surface area contributed by atoms with Gasteiger partial charge in [0.05, 0.1) is 27.6 Å². The topological polar surface area (TPSA) is 35.6 Å². The van der Waals surface area contributed by atoms with Crippen molar-refractivity contribution in [3.05, 3.63) is 126 Å². The molecule has 8 rings (SSSR count). The van der Waals surface area contributed by atoms with Gasteiger partial charge in [-0.05, 0) is 104 Å². The summed E-state index contributed by atoms with van der Waals surface area (Å²) in [5.41, 5.74) is 15.6. The van der Waals surface area contributed by atoms with Crippen LogP contribution in [0, 0.1) is 13.8 Å². The SMILES string of the molecule is Cc1cc(-n2c3c(c4ncccc42)C=CCC3)ccc1-c1ccc(-n2c3ccccc3c3ncccc32)cc1C. The lowest BCUT2D eigenvalue weighted by Crippen LogP contribution is -2.03. The second-order valence-corrected chi connectivity index (χ2v) is 10.7. The van der Waals surface area contributed by atoms with E-state index in [9.17, 15) is 0 Å². The normalized spacial score (nSPS) is 12.9. The molecule has 1 aliphatic rings. The van der Waals surface area contributed by atoms with Gasteiger partial charge in [0.15, 0.2) is 0 Å².